The van der Waals surface area contributed by atoms with Gasteiger partial charge in [-0.15, -0.1) is 0 Å². The summed E-state index contributed by atoms with van der Waals surface area (Å²) in [5.74, 6) is -0.488. The maximum Gasteiger partial charge on any atom is 0.329 e. The number of hydrogen-bond acceptors (Lipinski definition) is 5. The van der Waals surface area contributed by atoms with Gasteiger partial charge in [-0.1, -0.05) is 36.4 Å². The zero-order chi connectivity index (χ0) is 23.6. The quantitative estimate of drug-likeness (QED) is 0.306. The highest BCUT2D eigenvalue weighted by Crippen LogP contribution is 2.29. The van der Waals surface area contributed by atoms with Crippen LogP contribution < -0.4 is 20.2 Å². The van der Waals surface area contributed by atoms with Crippen LogP contribution in [-0.2, 0) is 16.2 Å². The molecular weight excluding hydrogens is 418 g/mol. The maximum absolute atomic E-state index is 12.1. The summed E-state index contributed by atoms with van der Waals surface area (Å²) in [4.78, 5) is 24.1. The number of anilines is 1. The number of aryl methyl sites for hydroxylation is 2. The Morgan fingerprint density at radius 2 is 1.67 bits per heavy atom. The van der Waals surface area contributed by atoms with Crippen molar-refractivity contribution in [1.29, 1.82) is 0 Å². The highest BCUT2D eigenvalue weighted by atomic mass is 16.5. The fourth-order valence-electron chi connectivity index (χ4n) is 2.95. The van der Waals surface area contributed by atoms with Crippen LogP contribution in [0, 0.1) is 13.8 Å². The molecule has 3 aromatic rings. The van der Waals surface area contributed by atoms with Crippen molar-refractivity contribution < 1.29 is 19.1 Å². The lowest BCUT2D eigenvalue weighted by molar-refractivity contribution is -0.136. The van der Waals surface area contributed by atoms with Crippen LogP contribution in [0.5, 0.6) is 11.5 Å². The lowest BCUT2D eigenvalue weighted by Gasteiger charge is -2.12. The molecule has 33 heavy (non-hydrogen) atoms. The zero-order valence-corrected chi connectivity index (χ0v) is 18.9. The molecule has 3 aromatic carbocycles. The SMILES string of the molecule is CCOc1cc(/C=N/NC(=O)C(=O)Nc2ccc(C)c(C)c2)ccc1OCc1ccccc1. The predicted octanol–water partition coefficient (Wildman–Crippen LogP) is 4.37. The standard InChI is InChI=1S/C26H27N3O4/c1-4-32-24-15-21(11-13-23(24)33-17-20-8-6-5-7-9-20)16-27-29-26(31)25(30)28-22-12-10-18(2)19(3)14-22/h5-16H,4,17H2,1-3H3,(H,28,30)(H,29,31)/b27-16+. The third kappa shape index (κ3) is 6.93. The molecule has 2 N–H and O–H groups in total. The normalized spacial score (nSPS) is 10.6. The van der Waals surface area contributed by atoms with Gasteiger partial charge in [0.1, 0.15) is 6.61 Å². The van der Waals surface area contributed by atoms with E-state index >= 15 is 0 Å². The van der Waals surface area contributed by atoms with E-state index in [2.05, 4.69) is 15.8 Å². The van der Waals surface area contributed by atoms with Crippen molar-refractivity contribution in [2.24, 2.45) is 5.10 Å². The van der Waals surface area contributed by atoms with E-state index in [-0.39, 0.29) is 0 Å². The molecule has 2 amide bonds. The monoisotopic (exact) mass is 445 g/mol. The van der Waals surface area contributed by atoms with Gasteiger partial charge in [-0.2, -0.15) is 5.10 Å². The summed E-state index contributed by atoms with van der Waals surface area (Å²) < 4.78 is 11.6. The number of hydrazone groups is 1. The van der Waals surface area contributed by atoms with E-state index in [9.17, 15) is 9.59 Å². The van der Waals surface area contributed by atoms with Crippen molar-refractivity contribution in [1.82, 2.24) is 5.43 Å². The van der Waals surface area contributed by atoms with Gasteiger partial charge in [-0.05, 0) is 73.4 Å². The van der Waals surface area contributed by atoms with Gasteiger partial charge in [0.2, 0.25) is 0 Å². The van der Waals surface area contributed by atoms with Crippen LogP contribution in [0.15, 0.2) is 71.8 Å². The van der Waals surface area contributed by atoms with Crippen LogP contribution in [0.4, 0.5) is 5.69 Å². The smallest absolute Gasteiger partial charge is 0.329 e. The molecule has 7 nitrogen and oxygen atoms in total. The number of amides is 2. The van der Waals surface area contributed by atoms with E-state index in [1.54, 1.807) is 30.3 Å². The average molecular weight is 446 g/mol. The summed E-state index contributed by atoms with van der Waals surface area (Å²) in [6.45, 7) is 6.68. The summed E-state index contributed by atoms with van der Waals surface area (Å²) >= 11 is 0. The molecule has 7 heteroatoms. The van der Waals surface area contributed by atoms with E-state index in [0.717, 1.165) is 16.7 Å². The number of benzene rings is 3. The van der Waals surface area contributed by atoms with Gasteiger partial charge < -0.3 is 14.8 Å². The number of carbonyl (C=O) groups is 2. The molecule has 0 aromatic heterocycles. The minimum atomic E-state index is -0.864. The largest absolute Gasteiger partial charge is 0.490 e. The van der Waals surface area contributed by atoms with Gasteiger partial charge in [0.05, 0.1) is 12.8 Å². The zero-order valence-electron chi connectivity index (χ0n) is 18.9. The number of carbonyl (C=O) groups excluding carboxylic acids is 2. The molecule has 0 unspecified atom stereocenters. The number of rotatable bonds is 8. The Morgan fingerprint density at radius 1 is 0.879 bits per heavy atom. The topological polar surface area (TPSA) is 89.0 Å². The van der Waals surface area contributed by atoms with Gasteiger partial charge in [0.15, 0.2) is 11.5 Å². The molecule has 0 heterocycles. The van der Waals surface area contributed by atoms with Crippen molar-refractivity contribution in [2.45, 2.75) is 27.4 Å². The Bertz CT molecular complexity index is 1140. The Kier molecular flexibility index (Phi) is 8.18. The lowest BCUT2D eigenvalue weighted by atomic mass is 10.1. The molecule has 0 aliphatic heterocycles. The molecule has 170 valence electrons. The third-order valence-electron chi connectivity index (χ3n) is 4.86. The van der Waals surface area contributed by atoms with E-state index in [0.29, 0.717) is 36.0 Å². The van der Waals surface area contributed by atoms with Gasteiger partial charge in [-0.25, -0.2) is 5.43 Å². The van der Waals surface area contributed by atoms with Crippen molar-refractivity contribution in [3.63, 3.8) is 0 Å². The number of hydrogen-bond donors (Lipinski definition) is 2. The van der Waals surface area contributed by atoms with Crippen LogP contribution in [0.3, 0.4) is 0 Å². The fraction of sp³-hybridized carbons (Fsp3) is 0.192. The summed E-state index contributed by atoms with van der Waals surface area (Å²) in [5, 5.41) is 6.44. The van der Waals surface area contributed by atoms with E-state index in [1.807, 2.05) is 57.2 Å². The van der Waals surface area contributed by atoms with Crippen molar-refractivity contribution >= 4 is 23.7 Å². The molecule has 0 aliphatic rings. The molecule has 0 bridgehead atoms. The molecule has 0 atom stereocenters. The van der Waals surface area contributed by atoms with Crippen LogP contribution >= 0.6 is 0 Å². The van der Waals surface area contributed by atoms with Crippen LogP contribution in [0.1, 0.15) is 29.2 Å². The van der Waals surface area contributed by atoms with Gasteiger partial charge in [0, 0.05) is 5.69 Å². The maximum atomic E-state index is 12.1. The van der Waals surface area contributed by atoms with E-state index in [4.69, 9.17) is 9.47 Å². The van der Waals surface area contributed by atoms with Gasteiger partial charge in [0.25, 0.3) is 0 Å². The molecule has 3 rings (SSSR count). The first-order valence-electron chi connectivity index (χ1n) is 10.6. The Morgan fingerprint density at radius 3 is 2.39 bits per heavy atom. The fourth-order valence-corrected chi connectivity index (χ4v) is 2.95. The van der Waals surface area contributed by atoms with Crippen molar-refractivity contribution in [2.75, 3.05) is 11.9 Å². The Labute approximate surface area is 193 Å². The van der Waals surface area contributed by atoms with E-state index in [1.165, 1.54) is 6.21 Å². The van der Waals surface area contributed by atoms with Gasteiger partial charge in [-0.3, -0.25) is 9.59 Å². The second-order valence-electron chi connectivity index (χ2n) is 7.37. The minimum absolute atomic E-state index is 0.417. The Hall–Kier alpha value is -4.13. The van der Waals surface area contributed by atoms with Crippen LogP contribution in [0.2, 0.25) is 0 Å². The van der Waals surface area contributed by atoms with Crippen LogP contribution in [0.25, 0.3) is 0 Å². The molecule has 0 radical (unpaired) electrons. The van der Waals surface area contributed by atoms with E-state index < -0.39 is 11.8 Å². The summed E-state index contributed by atoms with van der Waals surface area (Å²) in [7, 11) is 0. The first-order valence-corrected chi connectivity index (χ1v) is 10.6. The number of nitrogens with zero attached hydrogens (tertiary/aromatic N) is 1. The highest BCUT2D eigenvalue weighted by molar-refractivity contribution is 6.39. The summed E-state index contributed by atoms with van der Waals surface area (Å²) in [6, 6.07) is 20.6. The van der Waals surface area contributed by atoms with Crippen molar-refractivity contribution in [3.8, 4) is 11.5 Å². The summed E-state index contributed by atoms with van der Waals surface area (Å²) in [5.41, 5.74) is 6.64. The van der Waals surface area contributed by atoms with Crippen molar-refractivity contribution in [3.05, 3.63) is 89.0 Å². The second kappa shape index (κ2) is 11.5. The summed E-state index contributed by atoms with van der Waals surface area (Å²) in [6.07, 6.45) is 1.44. The first kappa shape index (κ1) is 23.5. The average Bonchev–Trinajstić information content (AvgIpc) is 2.81. The van der Waals surface area contributed by atoms with Gasteiger partial charge >= 0.3 is 11.8 Å². The Balaban J connectivity index is 1.58. The molecular formula is C26H27N3O4. The lowest BCUT2D eigenvalue weighted by Crippen LogP contribution is -2.32. The second-order valence-corrected chi connectivity index (χ2v) is 7.37. The number of ether oxygens (including phenoxy) is 2. The predicted molar refractivity (Wildman–Crippen MR) is 129 cm³/mol. The molecule has 0 fully saturated rings. The minimum Gasteiger partial charge on any atom is -0.490 e. The molecule has 0 spiro atoms. The molecule has 0 aliphatic carbocycles. The highest BCUT2D eigenvalue weighted by Gasteiger charge is 2.13. The third-order valence-corrected chi connectivity index (χ3v) is 4.86. The molecule has 0 saturated heterocycles. The van der Waals surface area contributed by atoms with Crippen LogP contribution in [-0.4, -0.2) is 24.6 Å². The first-order chi connectivity index (χ1) is 16.0. The molecule has 0 saturated carbocycles. The number of nitrogens with one attached hydrogen (secondary N) is 2.